The molecule has 0 spiro atoms. The Hall–Kier alpha value is -1.55. The predicted molar refractivity (Wildman–Crippen MR) is 71.1 cm³/mol. The van der Waals surface area contributed by atoms with Crippen LogP contribution in [0.25, 0.3) is 0 Å². The molecule has 1 aromatic carbocycles. The van der Waals surface area contributed by atoms with Crippen molar-refractivity contribution < 1.29 is 14.3 Å². The topological polar surface area (TPSA) is 38.8 Å². The zero-order valence-corrected chi connectivity index (χ0v) is 11.2. The minimum atomic E-state index is -0.0489. The average Bonchev–Trinajstić information content (AvgIpc) is 2.83. The van der Waals surface area contributed by atoms with Crippen molar-refractivity contribution in [2.24, 2.45) is 0 Å². The number of ether oxygens (including phenoxy) is 2. The molecule has 4 nitrogen and oxygen atoms in total. The zero-order chi connectivity index (χ0) is 13.2. The molecule has 2 aliphatic rings. The molecule has 102 valence electrons. The molecule has 1 atom stereocenters. The summed E-state index contributed by atoms with van der Waals surface area (Å²) >= 11 is 0. The highest BCUT2D eigenvalue weighted by molar-refractivity contribution is 5.71. The van der Waals surface area contributed by atoms with Crippen LogP contribution in [0.15, 0.2) is 18.2 Å². The minimum absolute atomic E-state index is 0.0489. The highest BCUT2D eigenvalue weighted by Crippen LogP contribution is 2.25. The standard InChI is InChI=1S/C15H19NO3/c1-18-13-3-2-12-9-16(7-6-11(12)8-13)10-14-4-5-15(17)19-14/h2-3,8,14H,4-7,9-10H2,1H3/t14-/m1/s1. The van der Waals surface area contributed by atoms with Gasteiger partial charge in [-0.1, -0.05) is 6.07 Å². The summed E-state index contributed by atoms with van der Waals surface area (Å²) in [5.74, 6) is 0.879. The molecule has 1 saturated heterocycles. The lowest BCUT2D eigenvalue weighted by atomic mass is 9.99. The molecular formula is C15H19NO3. The van der Waals surface area contributed by atoms with Crippen LogP contribution in [-0.2, 0) is 22.5 Å². The van der Waals surface area contributed by atoms with Gasteiger partial charge < -0.3 is 9.47 Å². The number of fused-ring (bicyclic) bond motifs is 1. The Kier molecular flexibility index (Phi) is 3.42. The highest BCUT2D eigenvalue weighted by Gasteiger charge is 2.27. The van der Waals surface area contributed by atoms with Gasteiger partial charge in [-0.3, -0.25) is 9.69 Å². The number of esters is 1. The monoisotopic (exact) mass is 261 g/mol. The summed E-state index contributed by atoms with van der Waals surface area (Å²) in [6.07, 6.45) is 2.57. The Morgan fingerprint density at radius 3 is 3.00 bits per heavy atom. The molecule has 4 heteroatoms. The average molecular weight is 261 g/mol. The first-order valence-corrected chi connectivity index (χ1v) is 6.82. The second-order valence-corrected chi connectivity index (χ2v) is 5.27. The van der Waals surface area contributed by atoms with Gasteiger partial charge in [-0.05, 0) is 36.1 Å². The van der Waals surface area contributed by atoms with Gasteiger partial charge in [0.15, 0.2) is 0 Å². The Bertz CT molecular complexity index is 486. The number of cyclic esters (lactones) is 1. The molecule has 0 bridgehead atoms. The van der Waals surface area contributed by atoms with Crippen molar-refractivity contribution in [1.29, 1.82) is 0 Å². The second kappa shape index (κ2) is 5.21. The van der Waals surface area contributed by atoms with Crippen molar-refractivity contribution >= 4 is 5.97 Å². The quantitative estimate of drug-likeness (QED) is 0.777. The van der Waals surface area contributed by atoms with E-state index in [0.717, 1.165) is 38.2 Å². The van der Waals surface area contributed by atoms with E-state index in [-0.39, 0.29) is 12.1 Å². The van der Waals surface area contributed by atoms with Gasteiger partial charge >= 0.3 is 5.97 Å². The van der Waals surface area contributed by atoms with Gasteiger partial charge in [0.25, 0.3) is 0 Å². The van der Waals surface area contributed by atoms with Crippen LogP contribution in [0, 0.1) is 0 Å². The second-order valence-electron chi connectivity index (χ2n) is 5.27. The molecule has 0 aliphatic carbocycles. The molecule has 0 unspecified atom stereocenters. The summed E-state index contributed by atoms with van der Waals surface area (Å²) in [6, 6.07) is 6.28. The molecule has 0 amide bonds. The molecule has 1 aromatic rings. The van der Waals surface area contributed by atoms with E-state index in [1.165, 1.54) is 11.1 Å². The SMILES string of the molecule is COc1ccc2c(c1)CCN(C[C@H]1CCC(=O)O1)C2. The fraction of sp³-hybridized carbons (Fsp3) is 0.533. The lowest BCUT2D eigenvalue weighted by Gasteiger charge is -2.30. The van der Waals surface area contributed by atoms with Crippen LogP contribution in [0.5, 0.6) is 5.75 Å². The van der Waals surface area contributed by atoms with Crippen molar-refractivity contribution in [2.45, 2.75) is 31.9 Å². The van der Waals surface area contributed by atoms with Crippen molar-refractivity contribution in [3.63, 3.8) is 0 Å². The van der Waals surface area contributed by atoms with Crippen molar-refractivity contribution in [2.75, 3.05) is 20.2 Å². The van der Waals surface area contributed by atoms with Gasteiger partial charge in [0.2, 0.25) is 0 Å². The molecule has 0 N–H and O–H groups in total. The molecule has 3 rings (SSSR count). The van der Waals surface area contributed by atoms with Crippen LogP contribution < -0.4 is 4.74 Å². The Morgan fingerprint density at radius 2 is 2.26 bits per heavy atom. The lowest BCUT2D eigenvalue weighted by Crippen LogP contribution is -2.36. The van der Waals surface area contributed by atoms with Crippen LogP contribution in [0.1, 0.15) is 24.0 Å². The van der Waals surface area contributed by atoms with E-state index in [9.17, 15) is 4.79 Å². The number of hydrogen-bond acceptors (Lipinski definition) is 4. The summed E-state index contributed by atoms with van der Waals surface area (Å²) in [7, 11) is 1.70. The first-order chi connectivity index (χ1) is 9.24. The third kappa shape index (κ3) is 2.73. The molecule has 0 aromatic heterocycles. The van der Waals surface area contributed by atoms with Gasteiger partial charge in [0.1, 0.15) is 11.9 Å². The summed E-state index contributed by atoms with van der Waals surface area (Å²) in [4.78, 5) is 13.5. The number of rotatable bonds is 3. The van der Waals surface area contributed by atoms with E-state index in [4.69, 9.17) is 9.47 Å². The fourth-order valence-corrected chi connectivity index (χ4v) is 2.87. The van der Waals surface area contributed by atoms with Crippen LogP contribution in [0.4, 0.5) is 0 Å². The number of methoxy groups -OCH3 is 1. The third-order valence-electron chi connectivity index (χ3n) is 3.94. The predicted octanol–water partition coefficient (Wildman–Crippen LogP) is 1.76. The van der Waals surface area contributed by atoms with Crippen molar-refractivity contribution in [1.82, 2.24) is 4.90 Å². The Morgan fingerprint density at radius 1 is 1.37 bits per heavy atom. The van der Waals surface area contributed by atoms with Crippen molar-refractivity contribution in [3.05, 3.63) is 29.3 Å². The number of nitrogens with zero attached hydrogens (tertiary/aromatic N) is 1. The molecular weight excluding hydrogens is 242 g/mol. The number of benzene rings is 1. The van der Waals surface area contributed by atoms with Gasteiger partial charge in [0, 0.05) is 26.1 Å². The number of hydrogen-bond donors (Lipinski definition) is 0. The Labute approximate surface area is 113 Å². The molecule has 1 fully saturated rings. The maximum Gasteiger partial charge on any atom is 0.306 e. The first kappa shape index (κ1) is 12.5. The summed E-state index contributed by atoms with van der Waals surface area (Å²) in [5.41, 5.74) is 2.73. The molecule has 19 heavy (non-hydrogen) atoms. The summed E-state index contributed by atoms with van der Waals surface area (Å²) in [6.45, 7) is 2.82. The molecule has 2 aliphatic heterocycles. The smallest absolute Gasteiger partial charge is 0.306 e. The third-order valence-corrected chi connectivity index (χ3v) is 3.94. The fourth-order valence-electron chi connectivity index (χ4n) is 2.87. The van der Waals surface area contributed by atoms with Crippen LogP contribution >= 0.6 is 0 Å². The first-order valence-electron chi connectivity index (χ1n) is 6.82. The summed E-state index contributed by atoms with van der Waals surface area (Å²) < 4.78 is 10.5. The van der Waals surface area contributed by atoms with E-state index < -0.39 is 0 Å². The van der Waals surface area contributed by atoms with Gasteiger partial charge in [-0.2, -0.15) is 0 Å². The maximum absolute atomic E-state index is 11.1. The van der Waals surface area contributed by atoms with E-state index in [1.54, 1.807) is 7.11 Å². The van der Waals surface area contributed by atoms with Gasteiger partial charge in [-0.15, -0.1) is 0 Å². The Balaban J connectivity index is 1.64. The molecule has 0 saturated carbocycles. The molecule has 2 heterocycles. The number of carbonyl (C=O) groups excluding carboxylic acids is 1. The lowest BCUT2D eigenvalue weighted by molar-refractivity contribution is -0.142. The van der Waals surface area contributed by atoms with E-state index in [2.05, 4.69) is 17.0 Å². The van der Waals surface area contributed by atoms with Crippen LogP contribution in [0.3, 0.4) is 0 Å². The highest BCUT2D eigenvalue weighted by atomic mass is 16.5. The number of carbonyl (C=O) groups is 1. The minimum Gasteiger partial charge on any atom is -0.497 e. The summed E-state index contributed by atoms with van der Waals surface area (Å²) in [5, 5.41) is 0. The van der Waals surface area contributed by atoms with Crippen LogP contribution in [0.2, 0.25) is 0 Å². The van der Waals surface area contributed by atoms with E-state index in [1.807, 2.05) is 6.07 Å². The maximum atomic E-state index is 11.1. The zero-order valence-electron chi connectivity index (χ0n) is 11.2. The van der Waals surface area contributed by atoms with Gasteiger partial charge in [0.05, 0.1) is 7.11 Å². The van der Waals surface area contributed by atoms with E-state index >= 15 is 0 Å². The normalized spacial score (nSPS) is 23.0. The van der Waals surface area contributed by atoms with E-state index in [0.29, 0.717) is 6.42 Å². The van der Waals surface area contributed by atoms with Crippen LogP contribution in [-0.4, -0.2) is 37.2 Å². The molecule has 0 radical (unpaired) electrons. The van der Waals surface area contributed by atoms with Crippen molar-refractivity contribution in [3.8, 4) is 5.75 Å². The largest absolute Gasteiger partial charge is 0.497 e. The van der Waals surface area contributed by atoms with Gasteiger partial charge in [-0.25, -0.2) is 0 Å².